The predicted molar refractivity (Wildman–Crippen MR) is 147 cm³/mol. The van der Waals surface area contributed by atoms with Crippen LogP contribution in [-0.2, 0) is 11.3 Å². The molecule has 204 valence electrons. The maximum absolute atomic E-state index is 14.5. The van der Waals surface area contributed by atoms with Crippen molar-refractivity contribution in [1.82, 2.24) is 29.9 Å². The number of pyridine rings is 1. The molecule has 1 aromatic carbocycles. The molecule has 0 unspecified atom stereocenters. The van der Waals surface area contributed by atoms with Crippen molar-refractivity contribution >= 4 is 23.6 Å². The van der Waals surface area contributed by atoms with E-state index in [4.69, 9.17) is 4.74 Å². The van der Waals surface area contributed by atoms with Gasteiger partial charge in [-0.2, -0.15) is 19.6 Å². The third-order valence-electron chi connectivity index (χ3n) is 6.47. The van der Waals surface area contributed by atoms with Crippen molar-refractivity contribution < 1.29 is 13.9 Å². The van der Waals surface area contributed by atoms with Crippen LogP contribution < -0.4 is 16.0 Å². The van der Waals surface area contributed by atoms with Gasteiger partial charge in [0.1, 0.15) is 5.60 Å². The number of halogens is 1. The first-order valence-electron chi connectivity index (χ1n) is 13.1. The molecule has 3 aromatic heterocycles. The van der Waals surface area contributed by atoms with Gasteiger partial charge in [-0.25, -0.2) is 9.18 Å². The molecular formula is C28H33FN8O2. The SMILES string of the molecule is CC(C)(C)OC(=O)NC1CCC(Nc2nc(NCc3ccc(-c4ccccn4)cc3)n3ncc(F)c3n2)CC1. The lowest BCUT2D eigenvalue weighted by molar-refractivity contribution is 0.0492. The normalized spacial score (nSPS) is 17.5. The number of benzene rings is 1. The minimum absolute atomic E-state index is 0.0508. The van der Waals surface area contributed by atoms with E-state index in [1.807, 2.05) is 63.2 Å². The lowest BCUT2D eigenvalue weighted by Gasteiger charge is -2.30. The van der Waals surface area contributed by atoms with E-state index in [0.717, 1.165) is 48.7 Å². The largest absolute Gasteiger partial charge is 0.444 e. The first kappa shape index (κ1) is 26.3. The molecule has 5 rings (SSSR count). The van der Waals surface area contributed by atoms with Crippen LogP contribution in [0, 0.1) is 5.82 Å². The lowest BCUT2D eigenvalue weighted by Crippen LogP contribution is -2.42. The summed E-state index contributed by atoms with van der Waals surface area (Å²) in [5.41, 5.74) is 2.53. The molecule has 0 saturated heterocycles. The molecule has 11 heteroatoms. The zero-order chi connectivity index (χ0) is 27.4. The van der Waals surface area contributed by atoms with Gasteiger partial charge in [0.05, 0.1) is 11.9 Å². The van der Waals surface area contributed by atoms with Crippen LogP contribution in [-0.4, -0.2) is 48.3 Å². The van der Waals surface area contributed by atoms with Crippen LogP contribution in [0.2, 0.25) is 0 Å². The number of carbonyl (C=O) groups is 1. The Balaban J connectivity index is 1.22. The molecule has 0 atom stereocenters. The Morgan fingerprint density at radius 1 is 1.05 bits per heavy atom. The molecule has 1 aliphatic carbocycles. The van der Waals surface area contributed by atoms with E-state index in [2.05, 4.69) is 36.0 Å². The van der Waals surface area contributed by atoms with Gasteiger partial charge in [0.2, 0.25) is 11.9 Å². The number of hydrogen-bond acceptors (Lipinski definition) is 8. The van der Waals surface area contributed by atoms with Crippen LogP contribution in [0.25, 0.3) is 16.9 Å². The number of ether oxygens (including phenoxy) is 1. The van der Waals surface area contributed by atoms with E-state index in [0.29, 0.717) is 18.4 Å². The number of nitrogens with zero attached hydrogens (tertiary/aromatic N) is 5. The summed E-state index contributed by atoms with van der Waals surface area (Å²) in [5.74, 6) is 0.201. The first-order valence-corrected chi connectivity index (χ1v) is 13.1. The standard InChI is InChI=1S/C28H33FN8O2/c1-28(2,3)39-27(38)34-21-13-11-20(12-14-21)33-25-35-24-22(29)17-32-37(24)26(36-25)31-16-18-7-9-19(10-8-18)23-6-4-5-15-30-23/h4-10,15,17,20-21H,11-14,16H2,1-3H3,(H,34,38)(H2,31,33,35,36). The summed E-state index contributed by atoms with van der Waals surface area (Å²) < 4.78 is 21.2. The summed E-state index contributed by atoms with van der Waals surface area (Å²) in [6, 6.07) is 14.0. The van der Waals surface area contributed by atoms with E-state index in [-0.39, 0.29) is 17.7 Å². The highest BCUT2D eigenvalue weighted by molar-refractivity contribution is 5.68. The highest BCUT2D eigenvalue weighted by Gasteiger charge is 2.25. The summed E-state index contributed by atoms with van der Waals surface area (Å²) in [6.45, 7) is 6.00. The third kappa shape index (κ3) is 6.78. The minimum Gasteiger partial charge on any atom is -0.444 e. The summed E-state index contributed by atoms with van der Waals surface area (Å²) in [5, 5.41) is 13.7. The molecule has 0 spiro atoms. The number of alkyl carbamates (subject to hydrolysis) is 1. The van der Waals surface area contributed by atoms with Crippen molar-refractivity contribution in [2.24, 2.45) is 0 Å². The number of rotatable bonds is 7. The summed E-state index contributed by atoms with van der Waals surface area (Å²) in [6.07, 6.45) is 5.70. The van der Waals surface area contributed by atoms with E-state index >= 15 is 0 Å². The van der Waals surface area contributed by atoms with Crippen LogP contribution in [0.15, 0.2) is 54.9 Å². The van der Waals surface area contributed by atoms with Crippen LogP contribution in [0.4, 0.5) is 21.1 Å². The van der Waals surface area contributed by atoms with Crippen LogP contribution in [0.1, 0.15) is 52.0 Å². The molecule has 1 aliphatic rings. The van der Waals surface area contributed by atoms with Crippen molar-refractivity contribution in [1.29, 1.82) is 0 Å². The molecule has 0 aliphatic heterocycles. The molecule has 3 heterocycles. The van der Waals surface area contributed by atoms with Gasteiger partial charge in [-0.15, -0.1) is 0 Å². The fraction of sp³-hybridized carbons (Fsp3) is 0.393. The van der Waals surface area contributed by atoms with E-state index in [1.165, 1.54) is 4.52 Å². The number of anilines is 2. The number of fused-ring (bicyclic) bond motifs is 1. The smallest absolute Gasteiger partial charge is 0.407 e. The highest BCUT2D eigenvalue weighted by atomic mass is 19.1. The Morgan fingerprint density at radius 2 is 1.79 bits per heavy atom. The maximum Gasteiger partial charge on any atom is 0.407 e. The highest BCUT2D eigenvalue weighted by Crippen LogP contribution is 2.24. The Hall–Kier alpha value is -4.28. The number of amides is 1. The van der Waals surface area contributed by atoms with Crippen molar-refractivity contribution in [3.63, 3.8) is 0 Å². The van der Waals surface area contributed by atoms with Gasteiger partial charge in [-0.1, -0.05) is 30.3 Å². The van der Waals surface area contributed by atoms with Gasteiger partial charge in [0.15, 0.2) is 11.5 Å². The van der Waals surface area contributed by atoms with Crippen molar-refractivity contribution in [2.75, 3.05) is 10.6 Å². The molecule has 3 N–H and O–H groups in total. The van der Waals surface area contributed by atoms with E-state index < -0.39 is 17.5 Å². The summed E-state index contributed by atoms with van der Waals surface area (Å²) in [7, 11) is 0. The van der Waals surface area contributed by atoms with Gasteiger partial charge in [0.25, 0.3) is 0 Å². The van der Waals surface area contributed by atoms with Crippen LogP contribution in [0.5, 0.6) is 0 Å². The molecule has 1 saturated carbocycles. The molecule has 0 bridgehead atoms. The Labute approximate surface area is 226 Å². The summed E-state index contributed by atoms with van der Waals surface area (Å²) >= 11 is 0. The van der Waals surface area contributed by atoms with Crippen molar-refractivity contribution in [2.45, 2.75) is 70.7 Å². The third-order valence-corrected chi connectivity index (χ3v) is 6.47. The second kappa shape index (κ2) is 11.2. The van der Waals surface area contributed by atoms with Gasteiger partial charge in [-0.05, 0) is 64.2 Å². The minimum atomic E-state index is -0.531. The number of aromatic nitrogens is 5. The van der Waals surface area contributed by atoms with Crippen LogP contribution >= 0.6 is 0 Å². The molecule has 0 radical (unpaired) electrons. The first-order chi connectivity index (χ1) is 18.7. The Morgan fingerprint density at radius 3 is 2.49 bits per heavy atom. The molecule has 10 nitrogen and oxygen atoms in total. The van der Waals surface area contributed by atoms with Gasteiger partial charge >= 0.3 is 6.09 Å². The lowest BCUT2D eigenvalue weighted by atomic mass is 9.91. The van der Waals surface area contributed by atoms with E-state index in [9.17, 15) is 9.18 Å². The van der Waals surface area contributed by atoms with Crippen molar-refractivity contribution in [3.8, 4) is 11.3 Å². The fourth-order valence-corrected chi connectivity index (χ4v) is 4.58. The molecule has 39 heavy (non-hydrogen) atoms. The number of hydrogen-bond donors (Lipinski definition) is 3. The zero-order valence-electron chi connectivity index (χ0n) is 22.3. The Bertz CT molecular complexity index is 1410. The zero-order valence-corrected chi connectivity index (χ0v) is 22.3. The van der Waals surface area contributed by atoms with Crippen molar-refractivity contribution in [3.05, 3.63) is 66.2 Å². The fourth-order valence-electron chi connectivity index (χ4n) is 4.58. The molecule has 1 fully saturated rings. The van der Waals surface area contributed by atoms with Gasteiger partial charge in [-0.3, -0.25) is 4.98 Å². The number of carbonyl (C=O) groups excluding carboxylic acids is 1. The summed E-state index contributed by atoms with van der Waals surface area (Å²) in [4.78, 5) is 25.4. The van der Waals surface area contributed by atoms with E-state index in [1.54, 1.807) is 6.20 Å². The monoisotopic (exact) mass is 532 g/mol. The molecule has 4 aromatic rings. The number of nitrogens with one attached hydrogen (secondary N) is 3. The average molecular weight is 533 g/mol. The molecule has 1 amide bonds. The predicted octanol–water partition coefficient (Wildman–Crippen LogP) is 5.19. The average Bonchev–Trinajstić information content (AvgIpc) is 3.29. The molecular weight excluding hydrogens is 499 g/mol. The second-order valence-electron chi connectivity index (χ2n) is 10.7. The quantitative estimate of drug-likeness (QED) is 0.298. The topological polar surface area (TPSA) is 118 Å². The second-order valence-corrected chi connectivity index (χ2v) is 10.7. The van der Waals surface area contributed by atoms with Crippen LogP contribution in [0.3, 0.4) is 0 Å². The van der Waals surface area contributed by atoms with Gasteiger partial charge in [0, 0.05) is 30.4 Å². The van der Waals surface area contributed by atoms with Gasteiger partial charge < -0.3 is 20.7 Å². The maximum atomic E-state index is 14.5. The Kier molecular flexibility index (Phi) is 7.58.